The third-order valence-corrected chi connectivity index (χ3v) is 5.19. The predicted molar refractivity (Wildman–Crippen MR) is 101 cm³/mol. The molecule has 0 saturated carbocycles. The van der Waals surface area contributed by atoms with Crippen molar-refractivity contribution in [1.82, 2.24) is 15.6 Å². The molecule has 0 radical (unpaired) electrons. The summed E-state index contributed by atoms with van der Waals surface area (Å²) in [6, 6.07) is 8.09. The van der Waals surface area contributed by atoms with Crippen molar-refractivity contribution in [3.63, 3.8) is 0 Å². The highest BCUT2D eigenvalue weighted by Crippen LogP contribution is 2.30. The van der Waals surface area contributed by atoms with Gasteiger partial charge in [0.1, 0.15) is 0 Å². The maximum atomic E-state index is 12.3. The number of carboxylic acids is 1. The summed E-state index contributed by atoms with van der Waals surface area (Å²) in [4.78, 5) is 38.0. The van der Waals surface area contributed by atoms with Crippen LogP contribution >= 0.6 is 0 Å². The summed E-state index contributed by atoms with van der Waals surface area (Å²) in [5.74, 6) is -1.07. The molecular formula is C20H25N3O4. The first kappa shape index (κ1) is 18.9. The van der Waals surface area contributed by atoms with Gasteiger partial charge in [-0.3, -0.25) is 14.4 Å². The number of nitrogens with one attached hydrogen (secondary N) is 3. The van der Waals surface area contributed by atoms with Crippen molar-refractivity contribution < 1.29 is 19.5 Å². The van der Waals surface area contributed by atoms with Crippen molar-refractivity contribution >= 4 is 28.7 Å². The molecule has 1 unspecified atom stereocenters. The van der Waals surface area contributed by atoms with Crippen LogP contribution in [0.4, 0.5) is 0 Å². The lowest BCUT2D eigenvalue weighted by molar-refractivity contribution is -0.137. The van der Waals surface area contributed by atoms with Crippen molar-refractivity contribution in [2.24, 2.45) is 0 Å². The number of H-pyrrole nitrogens is 1. The molecule has 1 fully saturated rings. The van der Waals surface area contributed by atoms with E-state index in [4.69, 9.17) is 5.11 Å². The summed E-state index contributed by atoms with van der Waals surface area (Å²) in [6.45, 7) is 2.44. The summed E-state index contributed by atoms with van der Waals surface area (Å²) >= 11 is 0. The molecule has 1 saturated heterocycles. The lowest BCUT2D eigenvalue weighted by Gasteiger charge is -2.28. The minimum atomic E-state index is -0.893. The SMILES string of the molecule is Cc1cc2cc(CNC(=O)CCC3(CCC(=O)O)CCC(=O)N3)ccc2[nH]1. The summed E-state index contributed by atoms with van der Waals surface area (Å²) in [5.41, 5.74) is 2.61. The van der Waals surface area contributed by atoms with Crippen molar-refractivity contribution in [2.75, 3.05) is 0 Å². The molecule has 0 spiro atoms. The van der Waals surface area contributed by atoms with Crippen LogP contribution in [0.1, 0.15) is 49.8 Å². The highest BCUT2D eigenvalue weighted by molar-refractivity contribution is 5.82. The zero-order chi connectivity index (χ0) is 19.4. The largest absolute Gasteiger partial charge is 0.481 e. The van der Waals surface area contributed by atoms with Crippen molar-refractivity contribution in [2.45, 2.75) is 57.5 Å². The second kappa shape index (κ2) is 7.82. The second-order valence-corrected chi connectivity index (χ2v) is 7.37. The molecule has 1 aromatic carbocycles. The van der Waals surface area contributed by atoms with Crippen molar-refractivity contribution in [3.8, 4) is 0 Å². The molecule has 1 aliphatic heterocycles. The van der Waals surface area contributed by atoms with Gasteiger partial charge in [-0.25, -0.2) is 0 Å². The van der Waals surface area contributed by atoms with E-state index >= 15 is 0 Å². The minimum Gasteiger partial charge on any atom is -0.481 e. The Morgan fingerprint density at radius 1 is 1.22 bits per heavy atom. The maximum absolute atomic E-state index is 12.3. The second-order valence-electron chi connectivity index (χ2n) is 7.37. The Labute approximate surface area is 157 Å². The average molecular weight is 371 g/mol. The topological polar surface area (TPSA) is 111 Å². The van der Waals surface area contributed by atoms with Gasteiger partial charge in [0, 0.05) is 42.6 Å². The van der Waals surface area contributed by atoms with E-state index in [2.05, 4.69) is 21.7 Å². The molecule has 1 atom stereocenters. The number of carbonyl (C=O) groups is 3. The Hall–Kier alpha value is -2.83. The normalized spacial score (nSPS) is 19.2. The molecule has 2 aromatic rings. The summed E-state index contributed by atoms with van der Waals surface area (Å²) in [5, 5.41) is 15.8. The highest BCUT2D eigenvalue weighted by Gasteiger charge is 2.37. The van der Waals surface area contributed by atoms with E-state index in [9.17, 15) is 14.4 Å². The number of carbonyl (C=O) groups excluding carboxylic acids is 2. The molecular weight excluding hydrogens is 346 g/mol. The number of hydrogen-bond donors (Lipinski definition) is 4. The molecule has 144 valence electrons. The maximum Gasteiger partial charge on any atom is 0.303 e. The van der Waals surface area contributed by atoms with Crippen molar-refractivity contribution in [1.29, 1.82) is 0 Å². The first-order valence-electron chi connectivity index (χ1n) is 9.23. The van der Waals surface area contributed by atoms with Gasteiger partial charge < -0.3 is 20.7 Å². The number of hydrogen-bond acceptors (Lipinski definition) is 3. The lowest BCUT2D eigenvalue weighted by atomic mass is 9.86. The van der Waals surface area contributed by atoms with Gasteiger partial charge in [0.2, 0.25) is 11.8 Å². The number of amides is 2. The van der Waals surface area contributed by atoms with Gasteiger partial charge in [0.15, 0.2) is 0 Å². The third-order valence-electron chi connectivity index (χ3n) is 5.19. The molecule has 1 aromatic heterocycles. The number of aryl methyl sites for hydroxylation is 1. The number of rotatable bonds is 8. The number of carboxylic acid groups (broad SMARTS) is 1. The molecule has 4 N–H and O–H groups in total. The van der Waals surface area contributed by atoms with Crippen LogP contribution in [0.15, 0.2) is 24.3 Å². The van der Waals surface area contributed by atoms with E-state index in [1.165, 1.54) is 0 Å². The zero-order valence-corrected chi connectivity index (χ0v) is 15.4. The van der Waals surface area contributed by atoms with Crippen LogP contribution in [-0.2, 0) is 20.9 Å². The van der Waals surface area contributed by atoms with Crippen LogP contribution < -0.4 is 10.6 Å². The van der Waals surface area contributed by atoms with Crippen LogP contribution in [0.3, 0.4) is 0 Å². The molecule has 0 bridgehead atoms. The summed E-state index contributed by atoms with van der Waals surface area (Å²) < 4.78 is 0. The van der Waals surface area contributed by atoms with E-state index in [0.29, 0.717) is 32.2 Å². The predicted octanol–water partition coefficient (Wildman–Crippen LogP) is 2.39. The minimum absolute atomic E-state index is 0.0159. The van der Waals surface area contributed by atoms with E-state index in [-0.39, 0.29) is 24.7 Å². The molecule has 0 aliphatic carbocycles. The van der Waals surface area contributed by atoms with Crippen LogP contribution in [0, 0.1) is 6.92 Å². The monoisotopic (exact) mass is 371 g/mol. The molecule has 7 heteroatoms. The first-order valence-corrected chi connectivity index (χ1v) is 9.23. The zero-order valence-electron chi connectivity index (χ0n) is 15.4. The Balaban J connectivity index is 1.52. The van der Waals surface area contributed by atoms with E-state index < -0.39 is 11.5 Å². The van der Waals surface area contributed by atoms with Gasteiger partial charge in [-0.1, -0.05) is 6.07 Å². The van der Waals surface area contributed by atoms with Crippen LogP contribution in [0.25, 0.3) is 10.9 Å². The number of aromatic nitrogens is 1. The van der Waals surface area contributed by atoms with Crippen LogP contribution in [-0.4, -0.2) is 33.4 Å². The van der Waals surface area contributed by atoms with E-state index in [0.717, 1.165) is 22.2 Å². The Kier molecular flexibility index (Phi) is 5.48. The van der Waals surface area contributed by atoms with Crippen molar-refractivity contribution in [3.05, 3.63) is 35.5 Å². The molecule has 7 nitrogen and oxygen atoms in total. The standard InChI is InChI=1S/C20H25N3O4/c1-13-10-15-11-14(2-3-16(15)22-13)12-21-17(24)4-7-20(9-6-19(26)27)8-5-18(25)23-20/h2-3,10-11,22H,4-9,12H2,1H3,(H,21,24)(H,23,25)(H,26,27). The van der Waals surface area contributed by atoms with Gasteiger partial charge in [-0.2, -0.15) is 0 Å². The molecule has 1 aliphatic rings. The number of fused-ring (bicyclic) bond motifs is 1. The van der Waals surface area contributed by atoms with E-state index in [1.54, 1.807) is 0 Å². The van der Waals surface area contributed by atoms with Crippen LogP contribution in [0.2, 0.25) is 0 Å². The molecule has 2 amide bonds. The fourth-order valence-electron chi connectivity index (χ4n) is 3.70. The third kappa shape index (κ3) is 4.87. The smallest absolute Gasteiger partial charge is 0.303 e. The van der Waals surface area contributed by atoms with Gasteiger partial charge in [0.05, 0.1) is 0 Å². The van der Waals surface area contributed by atoms with Gasteiger partial charge in [0.25, 0.3) is 0 Å². The van der Waals surface area contributed by atoms with Crippen LogP contribution in [0.5, 0.6) is 0 Å². The molecule has 27 heavy (non-hydrogen) atoms. The van der Waals surface area contributed by atoms with Gasteiger partial charge >= 0.3 is 5.97 Å². The van der Waals surface area contributed by atoms with E-state index in [1.807, 2.05) is 25.1 Å². The number of aliphatic carboxylic acids is 1. The number of aromatic amines is 1. The lowest BCUT2D eigenvalue weighted by Crippen LogP contribution is -2.43. The molecule has 3 rings (SSSR count). The molecule has 2 heterocycles. The Morgan fingerprint density at radius 3 is 2.70 bits per heavy atom. The Morgan fingerprint density at radius 2 is 2.00 bits per heavy atom. The fraction of sp³-hybridized carbons (Fsp3) is 0.450. The highest BCUT2D eigenvalue weighted by atomic mass is 16.4. The van der Waals surface area contributed by atoms with Gasteiger partial charge in [-0.15, -0.1) is 0 Å². The quantitative estimate of drug-likeness (QED) is 0.571. The van der Waals surface area contributed by atoms with Gasteiger partial charge in [-0.05, 0) is 55.3 Å². The summed E-state index contributed by atoms with van der Waals surface area (Å²) in [6.07, 6.45) is 2.01. The average Bonchev–Trinajstić information content (AvgIpc) is 3.18. The summed E-state index contributed by atoms with van der Waals surface area (Å²) in [7, 11) is 0. The fourth-order valence-corrected chi connectivity index (χ4v) is 3.70. The Bertz CT molecular complexity index is 873. The number of benzene rings is 1. The first-order chi connectivity index (χ1) is 12.8.